The number of carbonyl (C=O) groups is 1. The van der Waals surface area contributed by atoms with E-state index in [1.807, 2.05) is 37.4 Å². The lowest BCUT2D eigenvalue weighted by Gasteiger charge is -2.19. The molecule has 0 aromatic heterocycles. The lowest BCUT2D eigenvalue weighted by Crippen LogP contribution is -2.40. The first kappa shape index (κ1) is 19.1. The van der Waals surface area contributed by atoms with Gasteiger partial charge in [0.1, 0.15) is 0 Å². The minimum Gasteiger partial charge on any atom is -0.357 e. The highest BCUT2D eigenvalue weighted by Crippen LogP contribution is 1.95. The van der Waals surface area contributed by atoms with E-state index in [0.717, 1.165) is 44.3 Å². The standard InChI is InChI=1S/C14H30N4OS/c1-5-15-14(16-10-8-12-20-4)17-11-9-13(19)18(6-2)7-3/h5-12H2,1-4H3,(H2,15,16,17). The van der Waals surface area contributed by atoms with Crippen molar-refractivity contribution in [2.75, 3.05) is 44.7 Å². The fraction of sp³-hybridized carbons (Fsp3) is 0.857. The van der Waals surface area contributed by atoms with Gasteiger partial charge in [-0.1, -0.05) is 0 Å². The molecule has 0 saturated heterocycles. The summed E-state index contributed by atoms with van der Waals surface area (Å²) in [5.41, 5.74) is 0. The molecule has 0 fully saturated rings. The molecule has 6 heteroatoms. The summed E-state index contributed by atoms with van der Waals surface area (Å²) in [6, 6.07) is 0. The fourth-order valence-corrected chi connectivity index (χ4v) is 2.18. The zero-order valence-electron chi connectivity index (χ0n) is 13.4. The van der Waals surface area contributed by atoms with Crippen LogP contribution in [0.25, 0.3) is 0 Å². The van der Waals surface area contributed by atoms with Crippen LogP contribution in [0.15, 0.2) is 4.99 Å². The lowest BCUT2D eigenvalue weighted by molar-refractivity contribution is -0.130. The second-order valence-electron chi connectivity index (χ2n) is 4.35. The van der Waals surface area contributed by atoms with Crippen LogP contribution >= 0.6 is 11.8 Å². The van der Waals surface area contributed by atoms with Crippen molar-refractivity contribution in [3.8, 4) is 0 Å². The van der Waals surface area contributed by atoms with Crippen LogP contribution in [0.5, 0.6) is 0 Å². The predicted molar refractivity (Wildman–Crippen MR) is 89.5 cm³/mol. The molecule has 0 aliphatic carbocycles. The van der Waals surface area contributed by atoms with Gasteiger partial charge in [0.2, 0.25) is 5.91 Å². The third-order valence-electron chi connectivity index (χ3n) is 2.87. The maximum absolute atomic E-state index is 11.9. The highest BCUT2D eigenvalue weighted by molar-refractivity contribution is 7.98. The van der Waals surface area contributed by atoms with Gasteiger partial charge in [0, 0.05) is 39.1 Å². The number of nitrogens with one attached hydrogen (secondary N) is 2. The van der Waals surface area contributed by atoms with E-state index >= 15 is 0 Å². The van der Waals surface area contributed by atoms with E-state index in [9.17, 15) is 4.79 Å². The van der Waals surface area contributed by atoms with Gasteiger partial charge in [0.25, 0.3) is 0 Å². The molecule has 0 radical (unpaired) electrons. The third kappa shape index (κ3) is 9.07. The molecule has 0 saturated carbocycles. The van der Waals surface area contributed by atoms with Crippen LogP contribution in [0.4, 0.5) is 0 Å². The van der Waals surface area contributed by atoms with Crippen LogP contribution in [-0.4, -0.2) is 61.5 Å². The van der Waals surface area contributed by atoms with Gasteiger partial charge in [0.15, 0.2) is 5.96 Å². The first-order chi connectivity index (χ1) is 9.69. The number of hydrogen-bond donors (Lipinski definition) is 2. The Balaban J connectivity index is 4.04. The molecule has 0 aliphatic rings. The Hall–Kier alpha value is -0.910. The molecule has 20 heavy (non-hydrogen) atoms. The second kappa shape index (κ2) is 13.1. The summed E-state index contributed by atoms with van der Waals surface area (Å²) in [5.74, 6) is 2.13. The number of carbonyl (C=O) groups excluding carboxylic acids is 1. The molecule has 0 rings (SSSR count). The molecule has 0 aromatic carbocycles. The predicted octanol–water partition coefficient (Wildman–Crippen LogP) is 1.55. The maximum Gasteiger partial charge on any atom is 0.224 e. The smallest absolute Gasteiger partial charge is 0.224 e. The monoisotopic (exact) mass is 302 g/mol. The largest absolute Gasteiger partial charge is 0.357 e. The summed E-state index contributed by atoms with van der Waals surface area (Å²) >= 11 is 1.84. The van der Waals surface area contributed by atoms with Crippen molar-refractivity contribution < 1.29 is 4.79 Å². The van der Waals surface area contributed by atoms with Gasteiger partial charge < -0.3 is 15.5 Å². The van der Waals surface area contributed by atoms with Crippen LogP contribution < -0.4 is 10.6 Å². The van der Waals surface area contributed by atoms with Crippen LogP contribution in [0, 0.1) is 0 Å². The third-order valence-corrected chi connectivity index (χ3v) is 3.57. The molecule has 118 valence electrons. The SMILES string of the molecule is CCNC(=NCCCSC)NCCC(=O)N(CC)CC. The minimum atomic E-state index is 0.195. The second-order valence-corrected chi connectivity index (χ2v) is 5.34. The zero-order valence-corrected chi connectivity index (χ0v) is 14.2. The quantitative estimate of drug-likeness (QED) is 0.365. The summed E-state index contributed by atoms with van der Waals surface area (Å²) in [4.78, 5) is 18.2. The summed E-state index contributed by atoms with van der Waals surface area (Å²) in [5, 5.41) is 6.41. The van der Waals surface area contributed by atoms with E-state index in [-0.39, 0.29) is 5.91 Å². The fourth-order valence-electron chi connectivity index (χ4n) is 1.76. The Kier molecular flexibility index (Phi) is 12.5. The maximum atomic E-state index is 11.9. The number of guanidine groups is 1. The molecule has 1 amide bonds. The van der Waals surface area contributed by atoms with Gasteiger partial charge in [-0.25, -0.2) is 0 Å². The normalized spacial score (nSPS) is 11.3. The molecule has 0 aromatic rings. The van der Waals surface area contributed by atoms with Crippen molar-refractivity contribution in [2.24, 2.45) is 4.99 Å². The van der Waals surface area contributed by atoms with Crippen LogP contribution in [0.1, 0.15) is 33.6 Å². The van der Waals surface area contributed by atoms with E-state index < -0.39 is 0 Å². The lowest BCUT2D eigenvalue weighted by atomic mass is 10.3. The number of aliphatic imine (C=N–C) groups is 1. The Bertz CT molecular complexity index is 280. The average molecular weight is 302 g/mol. The first-order valence-corrected chi connectivity index (χ1v) is 8.87. The summed E-state index contributed by atoms with van der Waals surface area (Å²) in [6.07, 6.45) is 3.69. The molecular weight excluding hydrogens is 272 g/mol. The van der Waals surface area contributed by atoms with Gasteiger partial charge in [-0.05, 0) is 39.2 Å². The summed E-state index contributed by atoms with van der Waals surface area (Å²) < 4.78 is 0. The molecule has 2 N–H and O–H groups in total. The van der Waals surface area contributed by atoms with Crippen molar-refractivity contribution in [3.63, 3.8) is 0 Å². The molecule has 0 heterocycles. The molecule has 0 aliphatic heterocycles. The Labute approximate surface area is 128 Å². The van der Waals surface area contributed by atoms with Crippen molar-refractivity contribution >= 4 is 23.6 Å². The van der Waals surface area contributed by atoms with Gasteiger partial charge in [-0.3, -0.25) is 9.79 Å². The van der Waals surface area contributed by atoms with E-state index in [4.69, 9.17) is 0 Å². The number of nitrogens with zero attached hydrogens (tertiary/aromatic N) is 2. The number of rotatable bonds is 10. The molecule has 0 bridgehead atoms. The Morgan fingerprint density at radius 3 is 2.45 bits per heavy atom. The molecule has 0 unspecified atom stereocenters. The number of thioether (sulfide) groups is 1. The van der Waals surface area contributed by atoms with E-state index in [1.165, 1.54) is 0 Å². The van der Waals surface area contributed by atoms with Crippen molar-refractivity contribution in [1.29, 1.82) is 0 Å². The van der Waals surface area contributed by atoms with Crippen LogP contribution in [0.3, 0.4) is 0 Å². The van der Waals surface area contributed by atoms with Gasteiger partial charge in [0.05, 0.1) is 0 Å². The summed E-state index contributed by atoms with van der Waals surface area (Å²) in [7, 11) is 0. The van der Waals surface area contributed by atoms with Crippen molar-refractivity contribution in [1.82, 2.24) is 15.5 Å². The molecule has 5 nitrogen and oxygen atoms in total. The average Bonchev–Trinajstić information content (AvgIpc) is 2.44. The van der Waals surface area contributed by atoms with Crippen molar-refractivity contribution in [2.45, 2.75) is 33.6 Å². The highest BCUT2D eigenvalue weighted by atomic mass is 32.2. The number of amides is 1. The van der Waals surface area contributed by atoms with Gasteiger partial charge >= 0.3 is 0 Å². The van der Waals surface area contributed by atoms with Crippen LogP contribution in [-0.2, 0) is 4.79 Å². The number of hydrogen-bond acceptors (Lipinski definition) is 3. The van der Waals surface area contributed by atoms with E-state index in [2.05, 4.69) is 21.9 Å². The Morgan fingerprint density at radius 2 is 1.90 bits per heavy atom. The minimum absolute atomic E-state index is 0.195. The molecule has 0 spiro atoms. The van der Waals surface area contributed by atoms with Crippen molar-refractivity contribution in [3.05, 3.63) is 0 Å². The molecule has 0 atom stereocenters. The molecular formula is C14H30N4OS. The first-order valence-electron chi connectivity index (χ1n) is 7.48. The van der Waals surface area contributed by atoms with E-state index in [1.54, 1.807) is 0 Å². The zero-order chi connectivity index (χ0) is 15.2. The summed E-state index contributed by atoms with van der Waals surface area (Å²) in [6.45, 7) is 9.89. The van der Waals surface area contributed by atoms with Gasteiger partial charge in [-0.2, -0.15) is 11.8 Å². The van der Waals surface area contributed by atoms with E-state index in [0.29, 0.717) is 13.0 Å². The highest BCUT2D eigenvalue weighted by Gasteiger charge is 2.08. The van der Waals surface area contributed by atoms with Gasteiger partial charge in [-0.15, -0.1) is 0 Å². The van der Waals surface area contributed by atoms with Crippen LogP contribution in [0.2, 0.25) is 0 Å². The topological polar surface area (TPSA) is 56.7 Å². The Morgan fingerprint density at radius 1 is 1.20 bits per heavy atom.